The molecule has 1 saturated heterocycles. The zero-order chi connectivity index (χ0) is 13.0. The van der Waals surface area contributed by atoms with E-state index in [2.05, 4.69) is 55.4 Å². The topological polar surface area (TPSA) is 15.3 Å². The summed E-state index contributed by atoms with van der Waals surface area (Å²) in [6.07, 6.45) is 1.31. The molecule has 1 aliphatic rings. The van der Waals surface area contributed by atoms with E-state index in [-0.39, 0.29) is 0 Å². The SMILES string of the molecule is CC(C)Sc1ccc(N(C)CC2CCNC2)cc1. The quantitative estimate of drug-likeness (QED) is 0.822. The molecule has 0 spiro atoms. The lowest BCUT2D eigenvalue weighted by molar-refractivity contribution is 0.578. The summed E-state index contributed by atoms with van der Waals surface area (Å²) in [7, 11) is 2.20. The normalized spacial score (nSPS) is 19.4. The molecule has 0 radical (unpaired) electrons. The van der Waals surface area contributed by atoms with Crippen molar-refractivity contribution < 1.29 is 0 Å². The van der Waals surface area contributed by atoms with Crippen LogP contribution in [0.15, 0.2) is 29.2 Å². The van der Waals surface area contributed by atoms with Gasteiger partial charge in [0.05, 0.1) is 0 Å². The van der Waals surface area contributed by atoms with Gasteiger partial charge in [-0.2, -0.15) is 0 Å². The van der Waals surface area contributed by atoms with Gasteiger partial charge in [-0.05, 0) is 49.7 Å². The molecule has 1 N–H and O–H groups in total. The number of thioether (sulfide) groups is 1. The van der Waals surface area contributed by atoms with Gasteiger partial charge < -0.3 is 10.2 Å². The van der Waals surface area contributed by atoms with Gasteiger partial charge in [-0.15, -0.1) is 11.8 Å². The van der Waals surface area contributed by atoms with Gasteiger partial charge in [0.15, 0.2) is 0 Å². The van der Waals surface area contributed by atoms with Crippen molar-refractivity contribution in [3.63, 3.8) is 0 Å². The molecule has 1 fully saturated rings. The lowest BCUT2D eigenvalue weighted by Crippen LogP contribution is -2.26. The lowest BCUT2D eigenvalue weighted by Gasteiger charge is -2.23. The highest BCUT2D eigenvalue weighted by atomic mass is 32.2. The van der Waals surface area contributed by atoms with Crippen LogP contribution in [0.3, 0.4) is 0 Å². The third kappa shape index (κ3) is 3.92. The van der Waals surface area contributed by atoms with Gasteiger partial charge in [0, 0.05) is 29.4 Å². The van der Waals surface area contributed by atoms with E-state index >= 15 is 0 Å². The molecule has 1 aromatic carbocycles. The number of rotatable bonds is 5. The standard InChI is InChI=1S/C15H24N2S/c1-12(2)18-15-6-4-14(5-7-15)17(3)11-13-8-9-16-10-13/h4-7,12-13,16H,8-11H2,1-3H3. The van der Waals surface area contributed by atoms with Crippen LogP contribution in [0.1, 0.15) is 20.3 Å². The molecule has 2 nitrogen and oxygen atoms in total. The van der Waals surface area contributed by atoms with E-state index in [1.54, 1.807) is 0 Å². The predicted molar refractivity (Wildman–Crippen MR) is 81.7 cm³/mol. The zero-order valence-corrected chi connectivity index (χ0v) is 12.5. The van der Waals surface area contributed by atoms with Crippen molar-refractivity contribution in [2.45, 2.75) is 30.4 Å². The first-order valence-electron chi connectivity index (χ1n) is 6.83. The van der Waals surface area contributed by atoms with E-state index < -0.39 is 0 Å². The van der Waals surface area contributed by atoms with E-state index in [1.807, 2.05) is 11.8 Å². The number of nitrogens with one attached hydrogen (secondary N) is 1. The maximum atomic E-state index is 3.43. The molecule has 100 valence electrons. The van der Waals surface area contributed by atoms with Crippen molar-refractivity contribution in [2.75, 3.05) is 31.6 Å². The summed E-state index contributed by atoms with van der Waals surface area (Å²) in [6.45, 7) is 7.98. The average molecular weight is 264 g/mol. The Hall–Kier alpha value is -0.670. The van der Waals surface area contributed by atoms with Crippen LogP contribution < -0.4 is 10.2 Å². The van der Waals surface area contributed by atoms with E-state index in [0.29, 0.717) is 5.25 Å². The van der Waals surface area contributed by atoms with Gasteiger partial charge in [0.2, 0.25) is 0 Å². The first-order chi connectivity index (χ1) is 8.65. The second kappa shape index (κ2) is 6.48. The Morgan fingerprint density at radius 3 is 2.61 bits per heavy atom. The largest absolute Gasteiger partial charge is 0.374 e. The first kappa shape index (κ1) is 13.8. The lowest BCUT2D eigenvalue weighted by atomic mass is 10.1. The Balaban J connectivity index is 1.91. The van der Waals surface area contributed by atoms with Crippen molar-refractivity contribution in [2.24, 2.45) is 5.92 Å². The number of hydrogen-bond donors (Lipinski definition) is 1. The summed E-state index contributed by atoms with van der Waals surface area (Å²) in [5.41, 5.74) is 1.33. The fraction of sp³-hybridized carbons (Fsp3) is 0.600. The third-order valence-electron chi connectivity index (χ3n) is 3.34. The highest BCUT2D eigenvalue weighted by Crippen LogP contribution is 2.25. The smallest absolute Gasteiger partial charge is 0.0364 e. The van der Waals surface area contributed by atoms with Crippen LogP contribution in [-0.2, 0) is 0 Å². The highest BCUT2D eigenvalue weighted by Gasteiger charge is 2.16. The second-order valence-corrected chi connectivity index (χ2v) is 7.05. The highest BCUT2D eigenvalue weighted by molar-refractivity contribution is 7.99. The van der Waals surface area contributed by atoms with Gasteiger partial charge in [-0.1, -0.05) is 13.8 Å². The van der Waals surface area contributed by atoms with Crippen LogP contribution in [0, 0.1) is 5.92 Å². The summed E-state index contributed by atoms with van der Waals surface area (Å²) < 4.78 is 0. The molecular formula is C15H24N2S. The van der Waals surface area contributed by atoms with Crippen LogP contribution in [0.4, 0.5) is 5.69 Å². The molecule has 0 saturated carbocycles. The number of benzene rings is 1. The number of nitrogens with zero attached hydrogens (tertiary/aromatic N) is 1. The molecule has 0 aliphatic carbocycles. The Morgan fingerprint density at radius 2 is 2.06 bits per heavy atom. The van der Waals surface area contributed by atoms with Crippen molar-refractivity contribution >= 4 is 17.4 Å². The molecule has 1 heterocycles. The monoisotopic (exact) mass is 264 g/mol. The molecule has 0 bridgehead atoms. The molecule has 1 atom stereocenters. The van der Waals surface area contributed by atoms with Gasteiger partial charge >= 0.3 is 0 Å². The molecule has 1 aliphatic heterocycles. The molecule has 2 rings (SSSR count). The van der Waals surface area contributed by atoms with Crippen molar-refractivity contribution in [1.29, 1.82) is 0 Å². The minimum atomic E-state index is 0.651. The van der Waals surface area contributed by atoms with Gasteiger partial charge in [-0.25, -0.2) is 0 Å². The van der Waals surface area contributed by atoms with E-state index in [1.165, 1.54) is 30.1 Å². The van der Waals surface area contributed by atoms with Gasteiger partial charge in [-0.3, -0.25) is 0 Å². The Labute approximate surface area is 115 Å². The van der Waals surface area contributed by atoms with Gasteiger partial charge in [0.25, 0.3) is 0 Å². The summed E-state index contributed by atoms with van der Waals surface area (Å²) in [4.78, 5) is 3.74. The Bertz CT molecular complexity index is 355. The minimum Gasteiger partial charge on any atom is -0.374 e. The summed E-state index contributed by atoms with van der Waals surface area (Å²) in [5.74, 6) is 0.805. The van der Waals surface area contributed by atoms with Crippen LogP contribution in [0.2, 0.25) is 0 Å². The van der Waals surface area contributed by atoms with Crippen molar-refractivity contribution in [3.05, 3.63) is 24.3 Å². The zero-order valence-electron chi connectivity index (χ0n) is 11.6. The Morgan fingerprint density at radius 1 is 1.33 bits per heavy atom. The minimum absolute atomic E-state index is 0.651. The van der Waals surface area contributed by atoms with E-state index in [0.717, 1.165) is 12.5 Å². The van der Waals surface area contributed by atoms with Crippen molar-refractivity contribution in [3.8, 4) is 0 Å². The maximum Gasteiger partial charge on any atom is 0.0364 e. The van der Waals surface area contributed by atoms with Crippen LogP contribution in [0.25, 0.3) is 0 Å². The van der Waals surface area contributed by atoms with Gasteiger partial charge in [0.1, 0.15) is 0 Å². The van der Waals surface area contributed by atoms with E-state index in [9.17, 15) is 0 Å². The average Bonchev–Trinajstić information content (AvgIpc) is 2.82. The Kier molecular flexibility index (Phi) is 4.95. The van der Waals surface area contributed by atoms with Crippen LogP contribution in [0.5, 0.6) is 0 Å². The number of anilines is 1. The second-order valence-electron chi connectivity index (χ2n) is 5.40. The first-order valence-corrected chi connectivity index (χ1v) is 7.71. The third-order valence-corrected chi connectivity index (χ3v) is 4.36. The van der Waals surface area contributed by atoms with Crippen molar-refractivity contribution in [1.82, 2.24) is 5.32 Å². The molecule has 0 aromatic heterocycles. The van der Waals surface area contributed by atoms with E-state index in [4.69, 9.17) is 0 Å². The fourth-order valence-electron chi connectivity index (χ4n) is 2.41. The summed E-state index contributed by atoms with van der Waals surface area (Å²) in [5, 5.41) is 4.08. The molecule has 1 aromatic rings. The van der Waals surface area contributed by atoms with Crippen LogP contribution >= 0.6 is 11.8 Å². The molecule has 18 heavy (non-hydrogen) atoms. The van der Waals surface area contributed by atoms with Crippen LogP contribution in [-0.4, -0.2) is 31.9 Å². The predicted octanol–water partition coefficient (Wildman–Crippen LogP) is 3.23. The summed E-state index contributed by atoms with van der Waals surface area (Å²) in [6, 6.07) is 8.97. The number of hydrogen-bond acceptors (Lipinski definition) is 3. The molecule has 0 amide bonds. The molecular weight excluding hydrogens is 240 g/mol. The maximum absolute atomic E-state index is 3.43. The molecule has 1 unspecified atom stereocenters. The fourth-order valence-corrected chi connectivity index (χ4v) is 3.25. The summed E-state index contributed by atoms with van der Waals surface area (Å²) >= 11 is 1.92. The molecule has 3 heteroatoms.